The number of ether oxygens (including phenoxy) is 2. The predicted octanol–water partition coefficient (Wildman–Crippen LogP) is 1.34. The van der Waals surface area contributed by atoms with E-state index >= 15 is 0 Å². The standard InChI is InChI=1S/C11H23NO3/c1-5-10(11(13)15-7-3)12-9(4)8-14-6-2/h9-10,12H,5-8H2,1-4H3. The van der Waals surface area contributed by atoms with Gasteiger partial charge in [-0.2, -0.15) is 0 Å². The van der Waals surface area contributed by atoms with Gasteiger partial charge in [-0.3, -0.25) is 10.1 Å². The van der Waals surface area contributed by atoms with Gasteiger partial charge in [-0.15, -0.1) is 0 Å². The molecule has 2 atom stereocenters. The summed E-state index contributed by atoms with van der Waals surface area (Å²) in [6.45, 7) is 9.47. The first-order valence-electron chi connectivity index (χ1n) is 5.66. The van der Waals surface area contributed by atoms with E-state index in [4.69, 9.17) is 9.47 Å². The van der Waals surface area contributed by atoms with Crippen LogP contribution < -0.4 is 5.32 Å². The normalized spacial score (nSPS) is 14.7. The highest BCUT2D eigenvalue weighted by atomic mass is 16.5. The quantitative estimate of drug-likeness (QED) is 0.623. The molecule has 15 heavy (non-hydrogen) atoms. The van der Waals surface area contributed by atoms with Crippen LogP contribution in [-0.2, 0) is 14.3 Å². The molecule has 4 nitrogen and oxygen atoms in total. The van der Waals surface area contributed by atoms with E-state index in [9.17, 15) is 4.79 Å². The van der Waals surface area contributed by atoms with Crippen molar-refractivity contribution in [3.05, 3.63) is 0 Å². The molecule has 0 bridgehead atoms. The minimum atomic E-state index is -0.222. The van der Waals surface area contributed by atoms with E-state index in [0.717, 1.165) is 6.42 Å². The van der Waals surface area contributed by atoms with Crippen LogP contribution in [0, 0.1) is 0 Å². The van der Waals surface area contributed by atoms with E-state index in [-0.39, 0.29) is 18.1 Å². The molecule has 0 aromatic carbocycles. The van der Waals surface area contributed by atoms with E-state index in [1.165, 1.54) is 0 Å². The fraction of sp³-hybridized carbons (Fsp3) is 0.909. The Balaban J connectivity index is 3.91. The first-order chi connectivity index (χ1) is 7.15. The second kappa shape index (κ2) is 8.68. The summed E-state index contributed by atoms with van der Waals surface area (Å²) in [6, 6.07) is -0.0558. The Bertz CT molecular complexity index is 173. The summed E-state index contributed by atoms with van der Waals surface area (Å²) in [6.07, 6.45) is 0.731. The second-order valence-electron chi connectivity index (χ2n) is 3.44. The average Bonchev–Trinajstić information content (AvgIpc) is 2.23. The number of nitrogens with one attached hydrogen (secondary N) is 1. The SMILES string of the molecule is CCOCC(C)NC(CC)C(=O)OCC. The topological polar surface area (TPSA) is 47.6 Å². The summed E-state index contributed by atoms with van der Waals surface area (Å²) >= 11 is 0. The van der Waals surface area contributed by atoms with Gasteiger partial charge in [0.25, 0.3) is 0 Å². The third-order valence-electron chi connectivity index (χ3n) is 2.04. The summed E-state index contributed by atoms with van der Waals surface area (Å²) < 4.78 is 10.2. The Kier molecular flexibility index (Phi) is 8.33. The van der Waals surface area contributed by atoms with Gasteiger partial charge < -0.3 is 9.47 Å². The molecule has 0 aromatic rings. The van der Waals surface area contributed by atoms with Crippen molar-refractivity contribution < 1.29 is 14.3 Å². The van der Waals surface area contributed by atoms with Crippen LogP contribution in [0.1, 0.15) is 34.1 Å². The largest absolute Gasteiger partial charge is 0.465 e. The van der Waals surface area contributed by atoms with Crippen LogP contribution >= 0.6 is 0 Å². The maximum absolute atomic E-state index is 11.5. The van der Waals surface area contributed by atoms with Gasteiger partial charge in [0.2, 0.25) is 0 Å². The highest BCUT2D eigenvalue weighted by Gasteiger charge is 2.19. The van der Waals surface area contributed by atoms with Crippen LogP contribution in [0.2, 0.25) is 0 Å². The van der Waals surface area contributed by atoms with Crippen LogP contribution in [0.3, 0.4) is 0 Å². The van der Waals surface area contributed by atoms with Gasteiger partial charge in [-0.1, -0.05) is 6.92 Å². The molecule has 90 valence electrons. The molecule has 0 aliphatic rings. The molecular weight excluding hydrogens is 194 g/mol. The fourth-order valence-corrected chi connectivity index (χ4v) is 1.28. The lowest BCUT2D eigenvalue weighted by Gasteiger charge is -2.20. The van der Waals surface area contributed by atoms with Crippen molar-refractivity contribution in [2.24, 2.45) is 0 Å². The van der Waals surface area contributed by atoms with Crippen molar-refractivity contribution in [2.75, 3.05) is 19.8 Å². The van der Waals surface area contributed by atoms with E-state index in [2.05, 4.69) is 5.32 Å². The summed E-state index contributed by atoms with van der Waals surface area (Å²) in [5.41, 5.74) is 0. The summed E-state index contributed by atoms with van der Waals surface area (Å²) in [5, 5.41) is 3.19. The first-order valence-corrected chi connectivity index (χ1v) is 5.66. The Hall–Kier alpha value is -0.610. The molecule has 4 heteroatoms. The van der Waals surface area contributed by atoms with Crippen LogP contribution in [0.15, 0.2) is 0 Å². The van der Waals surface area contributed by atoms with Crippen molar-refractivity contribution in [3.63, 3.8) is 0 Å². The lowest BCUT2D eigenvalue weighted by molar-refractivity contribution is -0.146. The summed E-state index contributed by atoms with van der Waals surface area (Å²) in [4.78, 5) is 11.5. The lowest BCUT2D eigenvalue weighted by Crippen LogP contribution is -2.44. The number of hydrogen-bond acceptors (Lipinski definition) is 4. The van der Waals surface area contributed by atoms with E-state index < -0.39 is 0 Å². The third kappa shape index (κ3) is 6.47. The van der Waals surface area contributed by atoms with E-state index in [1.54, 1.807) is 0 Å². The molecule has 0 saturated heterocycles. The smallest absolute Gasteiger partial charge is 0.323 e. The zero-order valence-electron chi connectivity index (χ0n) is 10.2. The van der Waals surface area contributed by atoms with Crippen LogP contribution in [0.25, 0.3) is 0 Å². The van der Waals surface area contributed by atoms with Gasteiger partial charge in [0.15, 0.2) is 0 Å². The van der Waals surface area contributed by atoms with Gasteiger partial charge in [-0.25, -0.2) is 0 Å². The highest BCUT2D eigenvalue weighted by molar-refractivity contribution is 5.75. The zero-order chi connectivity index (χ0) is 11.7. The molecule has 0 heterocycles. The van der Waals surface area contributed by atoms with Gasteiger partial charge in [0, 0.05) is 12.6 Å². The molecule has 0 rings (SSSR count). The molecule has 0 radical (unpaired) electrons. The number of hydrogen-bond donors (Lipinski definition) is 1. The van der Waals surface area contributed by atoms with Crippen molar-refractivity contribution in [3.8, 4) is 0 Å². The molecule has 0 aliphatic heterocycles. The number of carbonyl (C=O) groups excluding carboxylic acids is 1. The van der Waals surface area contributed by atoms with Gasteiger partial charge in [0.05, 0.1) is 13.2 Å². The van der Waals surface area contributed by atoms with Crippen molar-refractivity contribution >= 4 is 5.97 Å². The van der Waals surface area contributed by atoms with Crippen molar-refractivity contribution in [1.29, 1.82) is 0 Å². The van der Waals surface area contributed by atoms with Gasteiger partial charge in [0.1, 0.15) is 6.04 Å². The average molecular weight is 217 g/mol. The molecule has 2 unspecified atom stereocenters. The van der Waals surface area contributed by atoms with E-state index in [0.29, 0.717) is 19.8 Å². The highest BCUT2D eigenvalue weighted by Crippen LogP contribution is 1.98. The summed E-state index contributed by atoms with van der Waals surface area (Å²) in [7, 11) is 0. The minimum Gasteiger partial charge on any atom is -0.465 e. The molecule has 0 spiro atoms. The van der Waals surface area contributed by atoms with Crippen molar-refractivity contribution in [1.82, 2.24) is 5.32 Å². The third-order valence-corrected chi connectivity index (χ3v) is 2.04. The molecule has 0 fully saturated rings. The fourth-order valence-electron chi connectivity index (χ4n) is 1.28. The number of rotatable bonds is 8. The summed E-state index contributed by atoms with van der Waals surface area (Å²) in [5.74, 6) is -0.177. The number of carbonyl (C=O) groups is 1. The van der Waals surface area contributed by atoms with Crippen LogP contribution in [-0.4, -0.2) is 37.9 Å². The Labute approximate surface area is 92.3 Å². The Morgan fingerprint density at radius 1 is 1.27 bits per heavy atom. The molecule has 0 aromatic heterocycles. The maximum atomic E-state index is 11.5. The first kappa shape index (κ1) is 14.4. The number of esters is 1. The molecule has 0 amide bonds. The van der Waals surface area contributed by atoms with Gasteiger partial charge >= 0.3 is 5.97 Å². The van der Waals surface area contributed by atoms with Crippen LogP contribution in [0.5, 0.6) is 0 Å². The molecule has 0 aliphatic carbocycles. The predicted molar refractivity (Wildman–Crippen MR) is 59.8 cm³/mol. The van der Waals surface area contributed by atoms with E-state index in [1.807, 2.05) is 27.7 Å². The minimum absolute atomic E-state index is 0.166. The lowest BCUT2D eigenvalue weighted by atomic mass is 10.2. The molecule has 1 N–H and O–H groups in total. The van der Waals surface area contributed by atoms with Crippen LogP contribution in [0.4, 0.5) is 0 Å². The maximum Gasteiger partial charge on any atom is 0.323 e. The molecule has 0 saturated carbocycles. The Morgan fingerprint density at radius 2 is 1.93 bits per heavy atom. The molecular formula is C11H23NO3. The second-order valence-corrected chi connectivity index (χ2v) is 3.44. The monoisotopic (exact) mass is 217 g/mol. The van der Waals surface area contributed by atoms with Gasteiger partial charge in [-0.05, 0) is 27.2 Å². The zero-order valence-corrected chi connectivity index (χ0v) is 10.2. The Morgan fingerprint density at radius 3 is 2.40 bits per heavy atom. The van der Waals surface area contributed by atoms with Crippen molar-refractivity contribution in [2.45, 2.75) is 46.2 Å².